The molecule has 3 nitrogen and oxygen atoms in total. The lowest BCUT2D eigenvalue weighted by Crippen LogP contribution is -2.22. The number of hydrogen-bond donors (Lipinski definition) is 0. The van der Waals surface area contributed by atoms with Gasteiger partial charge in [0.1, 0.15) is 5.75 Å². The molecule has 1 aromatic rings. The average Bonchev–Trinajstić information content (AvgIpc) is 3.22. The van der Waals surface area contributed by atoms with Gasteiger partial charge in [0.15, 0.2) is 11.6 Å². The van der Waals surface area contributed by atoms with Crippen LogP contribution in [0, 0.1) is 5.92 Å². The number of rotatable bonds is 4. The van der Waals surface area contributed by atoms with Gasteiger partial charge in [-0.2, -0.15) is 0 Å². The van der Waals surface area contributed by atoms with Crippen LogP contribution in [0.2, 0.25) is 0 Å². The average molecular weight is 305 g/mol. The van der Waals surface area contributed by atoms with Crippen LogP contribution < -0.4 is 4.74 Å². The molecule has 0 saturated heterocycles. The van der Waals surface area contributed by atoms with E-state index in [2.05, 4.69) is 0 Å². The highest BCUT2D eigenvalue weighted by atomic mass is 35.5. The number of allylic oxidation sites excluding steroid dienone is 2. The first-order chi connectivity index (χ1) is 10.0. The van der Waals surface area contributed by atoms with Crippen LogP contribution in [0.5, 0.6) is 5.75 Å². The summed E-state index contributed by atoms with van der Waals surface area (Å²) in [4.78, 5) is 24.5. The molecule has 1 fully saturated rings. The normalized spacial score (nSPS) is 22.4. The molecule has 0 aliphatic heterocycles. The molecule has 0 N–H and O–H groups in total. The second-order valence-corrected chi connectivity index (χ2v) is 6.34. The first-order valence-electron chi connectivity index (χ1n) is 7.28. The van der Waals surface area contributed by atoms with Gasteiger partial charge in [-0.1, -0.05) is 18.5 Å². The van der Waals surface area contributed by atoms with E-state index in [4.69, 9.17) is 16.3 Å². The van der Waals surface area contributed by atoms with Crippen molar-refractivity contribution in [2.24, 2.45) is 5.92 Å². The molecule has 1 unspecified atom stereocenters. The Morgan fingerprint density at radius 1 is 1.19 bits per heavy atom. The van der Waals surface area contributed by atoms with E-state index in [0.29, 0.717) is 29.5 Å². The molecule has 1 saturated carbocycles. The zero-order valence-corrected chi connectivity index (χ0v) is 12.7. The largest absolute Gasteiger partial charge is 0.490 e. The number of hydrogen-bond acceptors (Lipinski definition) is 3. The first kappa shape index (κ1) is 14.3. The van der Waals surface area contributed by atoms with Gasteiger partial charge in [-0.05, 0) is 49.4 Å². The van der Waals surface area contributed by atoms with Gasteiger partial charge in [-0.3, -0.25) is 9.59 Å². The minimum Gasteiger partial charge on any atom is -0.490 e. The fraction of sp³-hybridized carbons (Fsp3) is 0.412. The Morgan fingerprint density at radius 2 is 1.86 bits per heavy atom. The van der Waals surface area contributed by atoms with Crippen molar-refractivity contribution < 1.29 is 14.3 Å². The Morgan fingerprint density at radius 3 is 2.43 bits per heavy atom. The van der Waals surface area contributed by atoms with Gasteiger partial charge in [0.2, 0.25) is 0 Å². The lowest BCUT2D eigenvalue weighted by atomic mass is 9.86. The molecule has 2 aliphatic carbocycles. The summed E-state index contributed by atoms with van der Waals surface area (Å²) in [5.74, 6) is 0.533. The number of carbonyl (C=O) groups is 2. The summed E-state index contributed by atoms with van der Waals surface area (Å²) in [5.41, 5.74) is 0.639. The quantitative estimate of drug-likeness (QED) is 0.626. The van der Waals surface area contributed by atoms with Crippen LogP contribution in [0.3, 0.4) is 0 Å². The molecule has 21 heavy (non-hydrogen) atoms. The Hall–Kier alpha value is -1.61. The standard InChI is InChI=1S/C17H17ClO3/c1-10-8-14(18)16(15(19)9-10)17(20)11-2-4-12(5-3-11)21-13-6-7-13/h2-5,10,13H,6-9H2,1H3. The van der Waals surface area contributed by atoms with Crippen molar-refractivity contribution in [3.05, 3.63) is 40.4 Å². The molecular formula is C17H17ClO3. The Kier molecular flexibility index (Phi) is 3.85. The minimum atomic E-state index is -0.283. The number of carbonyl (C=O) groups excluding carboxylic acids is 2. The number of benzene rings is 1. The Bertz CT molecular complexity index is 611. The van der Waals surface area contributed by atoms with Crippen LogP contribution in [0.1, 0.15) is 43.0 Å². The predicted molar refractivity (Wildman–Crippen MR) is 80.7 cm³/mol. The minimum absolute atomic E-state index is 0.151. The maximum absolute atomic E-state index is 12.5. The van der Waals surface area contributed by atoms with Crippen molar-refractivity contribution in [1.29, 1.82) is 0 Å². The van der Waals surface area contributed by atoms with Gasteiger partial charge in [0, 0.05) is 17.0 Å². The summed E-state index contributed by atoms with van der Waals surface area (Å²) in [5, 5.41) is 0.391. The van der Waals surface area contributed by atoms with Crippen molar-refractivity contribution in [3.63, 3.8) is 0 Å². The van der Waals surface area contributed by atoms with Crippen LogP contribution in [-0.2, 0) is 4.79 Å². The van der Waals surface area contributed by atoms with E-state index in [-0.39, 0.29) is 23.1 Å². The van der Waals surface area contributed by atoms with Crippen molar-refractivity contribution in [3.8, 4) is 5.75 Å². The molecule has 1 atom stereocenters. The maximum Gasteiger partial charge on any atom is 0.197 e. The van der Waals surface area contributed by atoms with Gasteiger partial charge < -0.3 is 4.74 Å². The first-order valence-corrected chi connectivity index (χ1v) is 7.65. The Labute approximate surface area is 128 Å². The van der Waals surface area contributed by atoms with Crippen molar-refractivity contribution >= 4 is 23.2 Å². The molecule has 0 amide bonds. The SMILES string of the molecule is CC1CC(=O)C(C(=O)c2ccc(OC3CC3)cc2)=C(Cl)C1. The molecule has 2 aliphatic rings. The van der Waals surface area contributed by atoms with Gasteiger partial charge >= 0.3 is 0 Å². The van der Waals surface area contributed by atoms with Gasteiger partial charge in [0.25, 0.3) is 0 Å². The van der Waals surface area contributed by atoms with E-state index in [0.717, 1.165) is 18.6 Å². The topological polar surface area (TPSA) is 43.4 Å². The molecular weight excluding hydrogens is 288 g/mol. The fourth-order valence-electron chi connectivity index (χ4n) is 2.51. The zero-order chi connectivity index (χ0) is 15.0. The van der Waals surface area contributed by atoms with Crippen LogP contribution >= 0.6 is 11.6 Å². The van der Waals surface area contributed by atoms with E-state index in [1.807, 2.05) is 6.92 Å². The Balaban J connectivity index is 1.80. The monoisotopic (exact) mass is 304 g/mol. The molecule has 0 spiro atoms. The molecule has 4 heteroatoms. The second kappa shape index (κ2) is 5.64. The number of Topliss-reactive ketones (excluding diaryl/α,β-unsaturated/α-hetero) is 2. The summed E-state index contributed by atoms with van der Waals surface area (Å²) in [6.45, 7) is 1.96. The van der Waals surface area contributed by atoms with Crippen LogP contribution in [0.4, 0.5) is 0 Å². The van der Waals surface area contributed by atoms with E-state index in [9.17, 15) is 9.59 Å². The molecule has 0 bridgehead atoms. The van der Waals surface area contributed by atoms with Crippen LogP contribution in [-0.4, -0.2) is 17.7 Å². The number of halogens is 1. The predicted octanol–water partition coefficient (Wildman–Crippen LogP) is 3.90. The highest BCUT2D eigenvalue weighted by molar-refractivity contribution is 6.39. The molecule has 110 valence electrons. The van der Waals surface area contributed by atoms with Gasteiger partial charge in [-0.25, -0.2) is 0 Å². The number of ketones is 2. The summed E-state index contributed by atoms with van der Waals surface area (Å²) < 4.78 is 5.65. The second-order valence-electron chi connectivity index (χ2n) is 5.89. The highest BCUT2D eigenvalue weighted by Gasteiger charge is 2.30. The molecule has 3 rings (SSSR count). The molecule has 1 aromatic carbocycles. The van der Waals surface area contributed by atoms with E-state index in [1.54, 1.807) is 24.3 Å². The fourth-order valence-corrected chi connectivity index (χ4v) is 2.96. The van der Waals surface area contributed by atoms with Crippen molar-refractivity contribution in [2.45, 2.75) is 38.7 Å². The van der Waals surface area contributed by atoms with Crippen LogP contribution in [0.25, 0.3) is 0 Å². The third-order valence-electron chi connectivity index (χ3n) is 3.78. The van der Waals surface area contributed by atoms with E-state index >= 15 is 0 Å². The number of ether oxygens (including phenoxy) is 1. The van der Waals surface area contributed by atoms with Crippen molar-refractivity contribution in [2.75, 3.05) is 0 Å². The van der Waals surface area contributed by atoms with E-state index < -0.39 is 0 Å². The molecule has 0 radical (unpaired) electrons. The van der Waals surface area contributed by atoms with Crippen molar-refractivity contribution in [1.82, 2.24) is 0 Å². The summed E-state index contributed by atoms with van der Waals surface area (Å²) >= 11 is 6.14. The summed E-state index contributed by atoms with van der Waals surface area (Å²) in [6.07, 6.45) is 3.49. The summed E-state index contributed by atoms with van der Waals surface area (Å²) in [7, 11) is 0. The smallest absolute Gasteiger partial charge is 0.197 e. The molecule has 0 aromatic heterocycles. The zero-order valence-electron chi connectivity index (χ0n) is 11.9. The lowest BCUT2D eigenvalue weighted by Gasteiger charge is -2.19. The molecule has 0 heterocycles. The maximum atomic E-state index is 12.5. The van der Waals surface area contributed by atoms with Gasteiger partial charge in [0.05, 0.1) is 11.7 Å². The highest BCUT2D eigenvalue weighted by Crippen LogP contribution is 2.32. The third kappa shape index (κ3) is 3.18. The van der Waals surface area contributed by atoms with Gasteiger partial charge in [-0.15, -0.1) is 0 Å². The summed E-state index contributed by atoms with van der Waals surface area (Å²) in [6, 6.07) is 6.94. The third-order valence-corrected chi connectivity index (χ3v) is 4.13. The van der Waals surface area contributed by atoms with Crippen LogP contribution in [0.15, 0.2) is 34.9 Å². The lowest BCUT2D eigenvalue weighted by molar-refractivity contribution is -0.116. The van der Waals surface area contributed by atoms with E-state index in [1.165, 1.54) is 0 Å².